The molecule has 1 unspecified atom stereocenters. The molecule has 0 saturated carbocycles. The molecule has 1 rings (SSSR count). The number of nitro benzene ring substituents is 1. The topological polar surface area (TPSA) is 72.6 Å². The largest absolute Gasteiger partial charge is 0.427 e. The maximum absolute atomic E-state index is 12.1. The van der Waals surface area contributed by atoms with Crippen molar-refractivity contribution in [1.82, 2.24) is 0 Å². The van der Waals surface area contributed by atoms with Crippen LogP contribution >= 0.6 is 11.8 Å². The van der Waals surface area contributed by atoms with Gasteiger partial charge >= 0.3 is 12.3 Å². The van der Waals surface area contributed by atoms with Gasteiger partial charge in [-0.25, -0.2) is 0 Å². The molecule has 0 fully saturated rings. The van der Waals surface area contributed by atoms with E-state index in [1.54, 1.807) is 6.92 Å². The molecule has 0 heterocycles. The lowest BCUT2D eigenvalue weighted by atomic mass is 10.3. The fourth-order valence-corrected chi connectivity index (χ4v) is 2.04. The summed E-state index contributed by atoms with van der Waals surface area (Å²) in [5.41, 5.74) is -0.517. The number of rotatable bonds is 6. The van der Waals surface area contributed by atoms with Crippen LogP contribution in [0.3, 0.4) is 0 Å². The van der Waals surface area contributed by atoms with Gasteiger partial charge in [-0.1, -0.05) is 6.92 Å². The molecule has 0 saturated heterocycles. The summed E-state index contributed by atoms with van der Waals surface area (Å²) in [6.45, 7) is -1.48. The summed E-state index contributed by atoms with van der Waals surface area (Å²) in [7, 11) is 0. The molecule has 0 bridgehead atoms. The Morgan fingerprint density at radius 2 is 2.22 bits per heavy atom. The highest BCUT2D eigenvalue weighted by molar-refractivity contribution is 8.00. The van der Waals surface area contributed by atoms with Gasteiger partial charge in [0.2, 0.25) is 5.75 Å². The lowest BCUT2D eigenvalue weighted by Crippen LogP contribution is -2.05. The van der Waals surface area contributed by atoms with Crippen LogP contribution in [0.1, 0.15) is 6.92 Å². The molecule has 5 nitrogen and oxygen atoms in total. The van der Waals surface area contributed by atoms with Gasteiger partial charge in [-0.2, -0.15) is 8.78 Å². The molecule has 0 aliphatic carbocycles. The molecule has 0 aromatic heterocycles. The van der Waals surface area contributed by atoms with Crippen LogP contribution in [0, 0.1) is 10.1 Å². The van der Waals surface area contributed by atoms with E-state index in [0.29, 0.717) is 4.90 Å². The van der Waals surface area contributed by atoms with Crippen LogP contribution in [-0.4, -0.2) is 28.5 Å². The molecular weight excluding hydrogens is 268 g/mol. The van der Waals surface area contributed by atoms with Crippen LogP contribution in [0.15, 0.2) is 23.1 Å². The average molecular weight is 279 g/mol. The van der Waals surface area contributed by atoms with Crippen molar-refractivity contribution in [2.45, 2.75) is 23.7 Å². The summed E-state index contributed by atoms with van der Waals surface area (Å²) in [5.74, 6) is -0.481. The number of halogens is 2. The second-order valence-electron chi connectivity index (χ2n) is 3.38. The molecule has 0 spiro atoms. The average Bonchev–Trinajstić information content (AvgIpc) is 2.27. The highest BCUT2D eigenvalue weighted by atomic mass is 32.2. The number of hydrogen-bond donors (Lipinski definition) is 1. The van der Waals surface area contributed by atoms with E-state index in [2.05, 4.69) is 4.74 Å². The summed E-state index contributed by atoms with van der Waals surface area (Å²) in [6, 6.07) is 3.69. The number of ether oxygens (including phenoxy) is 1. The molecular formula is C10H11F2NO4S. The zero-order valence-corrected chi connectivity index (χ0v) is 10.2. The van der Waals surface area contributed by atoms with Crippen molar-refractivity contribution in [1.29, 1.82) is 0 Å². The van der Waals surface area contributed by atoms with Crippen LogP contribution in [0.2, 0.25) is 0 Å². The number of hydrogen-bond acceptors (Lipinski definition) is 5. The van der Waals surface area contributed by atoms with Crippen molar-refractivity contribution in [3.05, 3.63) is 28.3 Å². The SMILES string of the molecule is CC(CO)Sc1ccc([N+](=O)[O-])c(OC(F)F)c1. The van der Waals surface area contributed by atoms with Gasteiger partial charge in [-0.3, -0.25) is 10.1 Å². The standard InChI is InChI=1S/C10H11F2NO4S/c1-6(5-14)18-7-2-3-8(13(15)16)9(4-7)17-10(11)12/h2-4,6,10,14H,5H2,1H3. The van der Waals surface area contributed by atoms with Gasteiger partial charge in [0.05, 0.1) is 11.5 Å². The van der Waals surface area contributed by atoms with E-state index in [-0.39, 0.29) is 11.9 Å². The van der Waals surface area contributed by atoms with Gasteiger partial charge in [-0.05, 0) is 6.07 Å². The first kappa shape index (κ1) is 14.7. The van der Waals surface area contributed by atoms with Gasteiger partial charge in [0, 0.05) is 22.3 Å². The maximum atomic E-state index is 12.1. The first-order valence-electron chi connectivity index (χ1n) is 4.94. The van der Waals surface area contributed by atoms with E-state index in [1.165, 1.54) is 23.9 Å². The second-order valence-corrected chi connectivity index (χ2v) is 4.89. The van der Waals surface area contributed by atoms with Gasteiger partial charge in [0.15, 0.2) is 0 Å². The Bertz CT molecular complexity index is 430. The second kappa shape index (κ2) is 6.50. The highest BCUT2D eigenvalue weighted by Gasteiger charge is 2.19. The molecule has 0 amide bonds. The van der Waals surface area contributed by atoms with E-state index >= 15 is 0 Å². The van der Waals surface area contributed by atoms with Crippen molar-refractivity contribution >= 4 is 17.4 Å². The van der Waals surface area contributed by atoms with Crippen molar-refractivity contribution in [2.75, 3.05) is 6.61 Å². The number of aliphatic hydroxyl groups excluding tert-OH is 1. The summed E-state index contributed by atoms with van der Waals surface area (Å²) in [5, 5.41) is 19.4. The van der Waals surface area contributed by atoms with Crippen LogP contribution in [-0.2, 0) is 0 Å². The Hall–Kier alpha value is -1.41. The summed E-state index contributed by atoms with van der Waals surface area (Å²) >= 11 is 1.21. The Labute approximate surface area is 106 Å². The molecule has 1 atom stereocenters. The number of nitrogens with zero attached hydrogens (tertiary/aromatic N) is 1. The monoisotopic (exact) mass is 279 g/mol. The third kappa shape index (κ3) is 4.11. The fourth-order valence-electron chi connectivity index (χ4n) is 1.18. The Balaban J connectivity index is 3.01. The third-order valence-electron chi connectivity index (χ3n) is 1.94. The van der Waals surface area contributed by atoms with Gasteiger partial charge in [-0.15, -0.1) is 11.8 Å². The first-order valence-corrected chi connectivity index (χ1v) is 5.82. The van der Waals surface area contributed by atoms with E-state index in [4.69, 9.17) is 5.11 Å². The third-order valence-corrected chi connectivity index (χ3v) is 3.02. The molecule has 0 aliphatic heterocycles. The summed E-state index contributed by atoms with van der Waals surface area (Å²) in [6.07, 6.45) is 0. The van der Waals surface area contributed by atoms with Crippen LogP contribution in [0.25, 0.3) is 0 Å². The molecule has 0 aliphatic rings. The molecule has 8 heteroatoms. The van der Waals surface area contributed by atoms with E-state index in [0.717, 1.165) is 6.07 Å². The Morgan fingerprint density at radius 3 is 2.72 bits per heavy atom. The van der Waals surface area contributed by atoms with Gasteiger partial charge < -0.3 is 9.84 Å². The number of benzene rings is 1. The zero-order valence-electron chi connectivity index (χ0n) is 9.38. The number of nitro groups is 1. The molecule has 1 N–H and O–H groups in total. The zero-order chi connectivity index (χ0) is 13.7. The predicted octanol–water partition coefficient (Wildman–Crippen LogP) is 2.67. The minimum Gasteiger partial charge on any atom is -0.427 e. The quantitative estimate of drug-likeness (QED) is 0.492. The molecule has 0 radical (unpaired) electrons. The van der Waals surface area contributed by atoms with E-state index < -0.39 is 23.0 Å². The number of thioether (sulfide) groups is 1. The van der Waals surface area contributed by atoms with E-state index in [1.807, 2.05) is 0 Å². The summed E-state index contributed by atoms with van der Waals surface area (Å²) < 4.78 is 28.4. The lowest BCUT2D eigenvalue weighted by molar-refractivity contribution is -0.386. The van der Waals surface area contributed by atoms with Crippen molar-refractivity contribution < 1.29 is 23.5 Å². The molecule has 1 aromatic rings. The van der Waals surface area contributed by atoms with Crippen molar-refractivity contribution in [3.8, 4) is 5.75 Å². The number of alkyl halides is 2. The number of aliphatic hydroxyl groups is 1. The van der Waals surface area contributed by atoms with Crippen LogP contribution < -0.4 is 4.74 Å². The smallest absolute Gasteiger partial charge is 0.387 e. The molecule has 1 aromatic carbocycles. The summed E-state index contributed by atoms with van der Waals surface area (Å²) in [4.78, 5) is 10.3. The predicted molar refractivity (Wildman–Crippen MR) is 62.1 cm³/mol. The maximum Gasteiger partial charge on any atom is 0.387 e. The van der Waals surface area contributed by atoms with Crippen LogP contribution in [0.5, 0.6) is 5.75 Å². The van der Waals surface area contributed by atoms with Crippen molar-refractivity contribution in [3.63, 3.8) is 0 Å². The molecule has 18 heavy (non-hydrogen) atoms. The normalized spacial score (nSPS) is 12.5. The minimum atomic E-state index is -3.13. The first-order chi connectivity index (χ1) is 8.43. The highest BCUT2D eigenvalue weighted by Crippen LogP contribution is 2.34. The Morgan fingerprint density at radius 1 is 1.56 bits per heavy atom. The lowest BCUT2D eigenvalue weighted by Gasteiger charge is -2.10. The Kier molecular flexibility index (Phi) is 5.29. The molecule has 100 valence electrons. The van der Waals surface area contributed by atoms with Gasteiger partial charge in [0.1, 0.15) is 0 Å². The minimum absolute atomic E-state index is 0.0906. The van der Waals surface area contributed by atoms with E-state index in [9.17, 15) is 18.9 Å². The van der Waals surface area contributed by atoms with Gasteiger partial charge in [0.25, 0.3) is 0 Å². The van der Waals surface area contributed by atoms with Crippen molar-refractivity contribution in [2.24, 2.45) is 0 Å². The fraction of sp³-hybridized carbons (Fsp3) is 0.400. The van der Waals surface area contributed by atoms with Crippen LogP contribution in [0.4, 0.5) is 14.5 Å².